The molecule has 0 spiro atoms. The molecule has 0 atom stereocenters. The third kappa shape index (κ3) is 3.89. The predicted octanol–water partition coefficient (Wildman–Crippen LogP) is 2.28. The Labute approximate surface area is 150 Å². The minimum Gasteiger partial charge on any atom is -0.481 e. The smallest absolute Gasteiger partial charge is 0.307 e. The SMILES string of the molecule is CN(C)Cc1c(C(=O)Nc2ccc(CC(=O)O)cc2)nc2ccccn12. The molecule has 26 heavy (non-hydrogen) atoms. The number of anilines is 1. The number of aliphatic carboxylic acids is 1. The number of rotatable bonds is 6. The highest BCUT2D eigenvalue weighted by atomic mass is 16.4. The summed E-state index contributed by atoms with van der Waals surface area (Å²) in [5.41, 5.74) is 3.17. The molecule has 0 saturated carbocycles. The van der Waals surface area contributed by atoms with Crippen molar-refractivity contribution in [1.29, 1.82) is 0 Å². The third-order valence-corrected chi connectivity index (χ3v) is 3.88. The first-order chi connectivity index (χ1) is 12.4. The lowest BCUT2D eigenvalue weighted by Crippen LogP contribution is -2.19. The number of fused-ring (bicyclic) bond motifs is 1. The van der Waals surface area contributed by atoms with Crippen LogP contribution in [0.1, 0.15) is 21.7 Å². The number of hydrogen-bond acceptors (Lipinski definition) is 4. The van der Waals surface area contributed by atoms with Crippen molar-refractivity contribution in [2.24, 2.45) is 0 Å². The van der Waals surface area contributed by atoms with Crippen LogP contribution in [0.15, 0.2) is 48.7 Å². The van der Waals surface area contributed by atoms with Gasteiger partial charge >= 0.3 is 5.97 Å². The number of nitrogens with zero attached hydrogens (tertiary/aromatic N) is 3. The molecule has 2 N–H and O–H groups in total. The highest BCUT2D eigenvalue weighted by Crippen LogP contribution is 2.17. The van der Waals surface area contributed by atoms with Crippen LogP contribution >= 0.6 is 0 Å². The second-order valence-electron chi connectivity index (χ2n) is 6.30. The Bertz CT molecular complexity index is 945. The number of carbonyl (C=O) groups excluding carboxylic acids is 1. The molecular formula is C19H20N4O3. The maximum atomic E-state index is 12.7. The van der Waals surface area contributed by atoms with E-state index >= 15 is 0 Å². The van der Waals surface area contributed by atoms with Crippen molar-refractivity contribution in [3.8, 4) is 0 Å². The van der Waals surface area contributed by atoms with Gasteiger partial charge in [-0.15, -0.1) is 0 Å². The molecule has 0 aliphatic heterocycles. The van der Waals surface area contributed by atoms with Crippen molar-refractivity contribution in [3.63, 3.8) is 0 Å². The Morgan fingerprint density at radius 1 is 1.15 bits per heavy atom. The van der Waals surface area contributed by atoms with Crippen LogP contribution in [0.5, 0.6) is 0 Å². The van der Waals surface area contributed by atoms with Crippen LogP contribution in [-0.2, 0) is 17.8 Å². The van der Waals surface area contributed by atoms with Gasteiger partial charge in [0.15, 0.2) is 5.69 Å². The number of aromatic nitrogens is 2. The molecule has 0 saturated heterocycles. The van der Waals surface area contributed by atoms with Crippen molar-refractivity contribution in [3.05, 3.63) is 65.6 Å². The molecule has 7 nitrogen and oxygen atoms in total. The number of imidazole rings is 1. The second-order valence-corrected chi connectivity index (χ2v) is 6.30. The molecule has 2 aromatic heterocycles. The van der Waals surface area contributed by atoms with Crippen molar-refractivity contribution in [2.75, 3.05) is 19.4 Å². The molecular weight excluding hydrogens is 332 g/mol. The van der Waals surface area contributed by atoms with Gasteiger partial charge < -0.3 is 19.7 Å². The van der Waals surface area contributed by atoms with Gasteiger partial charge in [-0.1, -0.05) is 18.2 Å². The van der Waals surface area contributed by atoms with E-state index in [1.165, 1.54) is 0 Å². The number of amides is 1. The average Bonchev–Trinajstić information content (AvgIpc) is 2.94. The summed E-state index contributed by atoms with van der Waals surface area (Å²) in [7, 11) is 3.87. The molecule has 7 heteroatoms. The van der Waals surface area contributed by atoms with Crippen molar-refractivity contribution in [2.45, 2.75) is 13.0 Å². The van der Waals surface area contributed by atoms with Crippen molar-refractivity contribution in [1.82, 2.24) is 14.3 Å². The molecule has 0 bridgehead atoms. The first-order valence-corrected chi connectivity index (χ1v) is 8.17. The number of pyridine rings is 1. The van der Waals surface area contributed by atoms with Crippen LogP contribution < -0.4 is 5.32 Å². The highest BCUT2D eigenvalue weighted by molar-refractivity contribution is 6.04. The standard InChI is InChI=1S/C19H20N4O3/c1-22(2)12-15-18(21-16-5-3-4-10-23(15)16)19(26)20-14-8-6-13(7-9-14)11-17(24)25/h3-10H,11-12H2,1-2H3,(H,20,26)(H,24,25). The lowest BCUT2D eigenvalue weighted by atomic mass is 10.1. The van der Waals surface area contributed by atoms with Crippen LogP contribution in [-0.4, -0.2) is 45.4 Å². The van der Waals surface area contributed by atoms with Crippen molar-refractivity contribution >= 4 is 23.2 Å². The summed E-state index contributed by atoms with van der Waals surface area (Å²) in [6.07, 6.45) is 1.84. The Hall–Kier alpha value is -3.19. The molecule has 1 amide bonds. The van der Waals surface area contributed by atoms with Gasteiger partial charge in [0.25, 0.3) is 5.91 Å². The van der Waals surface area contributed by atoms with Crippen LogP contribution in [0.3, 0.4) is 0 Å². The number of carboxylic acids is 1. The van der Waals surface area contributed by atoms with Gasteiger partial charge in [0.1, 0.15) is 5.65 Å². The summed E-state index contributed by atoms with van der Waals surface area (Å²) in [5.74, 6) is -1.18. The molecule has 3 rings (SSSR count). The summed E-state index contributed by atoms with van der Waals surface area (Å²) < 4.78 is 1.91. The number of carboxylic acid groups (broad SMARTS) is 1. The van der Waals surface area contributed by atoms with E-state index in [0.717, 1.165) is 5.69 Å². The largest absolute Gasteiger partial charge is 0.481 e. The van der Waals surface area contributed by atoms with Crippen molar-refractivity contribution < 1.29 is 14.7 Å². The lowest BCUT2D eigenvalue weighted by molar-refractivity contribution is -0.136. The summed E-state index contributed by atoms with van der Waals surface area (Å²) in [6.45, 7) is 0.575. The van der Waals surface area contributed by atoms with Gasteiger partial charge in [0.2, 0.25) is 0 Å². The van der Waals surface area contributed by atoms with Gasteiger partial charge in [-0.2, -0.15) is 0 Å². The maximum Gasteiger partial charge on any atom is 0.307 e. The van der Waals surface area contributed by atoms with E-state index in [9.17, 15) is 9.59 Å². The average molecular weight is 352 g/mol. The zero-order valence-corrected chi connectivity index (χ0v) is 14.6. The molecule has 1 aromatic carbocycles. The monoisotopic (exact) mass is 352 g/mol. The van der Waals surface area contributed by atoms with Gasteiger partial charge in [-0.3, -0.25) is 9.59 Å². The molecule has 0 aliphatic carbocycles. The van der Waals surface area contributed by atoms with Crippen LogP contribution in [0.4, 0.5) is 5.69 Å². The normalized spacial score (nSPS) is 11.0. The Morgan fingerprint density at radius 3 is 2.54 bits per heavy atom. The van der Waals surface area contributed by atoms with E-state index in [2.05, 4.69) is 10.3 Å². The predicted molar refractivity (Wildman–Crippen MR) is 98.3 cm³/mol. The van der Waals surface area contributed by atoms with E-state index in [1.807, 2.05) is 47.8 Å². The fraction of sp³-hybridized carbons (Fsp3) is 0.211. The fourth-order valence-electron chi connectivity index (χ4n) is 2.75. The van der Waals surface area contributed by atoms with Crippen LogP contribution in [0.25, 0.3) is 5.65 Å². The summed E-state index contributed by atoms with van der Waals surface area (Å²) in [4.78, 5) is 29.9. The van der Waals surface area contributed by atoms with E-state index in [4.69, 9.17) is 5.11 Å². The van der Waals surface area contributed by atoms with E-state index < -0.39 is 5.97 Å². The summed E-state index contributed by atoms with van der Waals surface area (Å²) in [5, 5.41) is 11.7. The first-order valence-electron chi connectivity index (χ1n) is 8.17. The Kier molecular flexibility index (Phi) is 4.99. The van der Waals surface area contributed by atoms with Gasteiger partial charge in [0.05, 0.1) is 12.1 Å². The van der Waals surface area contributed by atoms with Gasteiger partial charge in [-0.25, -0.2) is 4.98 Å². The molecule has 3 aromatic rings. The van der Waals surface area contributed by atoms with E-state index in [-0.39, 0.29) is 12.3 Å². The number of benzene rings is 1. The lowest BCUT2D eigenvalue weighted by Gasteiger charge is -2.11. The minimum atomic E-state index is -0.889. The zero-order valence-electron chi connectivity index (χ0n) is 14.6. The molecule has 2 heterocycles. The second kappa shape index (κ2) is 7.37. The zero-order chi connectivity index (χ0) is 18.7. The molecule has 0 radical (unpaired) electrons. The summed E-state index contributed by atoms with van der Waals surface area (Å²) >= 11 is 0. The van der Waals surface area contributed by atoms with Gasteiger partial charge in [0, 0.05) is 18.4 Å². The minimum absolute atomic E-state index is 0.0480. The number of nitrogens with one attached hydrogen (secondary N) is 1. The first kappa shape index (κ1) is 17.6. The third-order valence-electron chi connectivity index (χ3n) is 3.88. The Balaban J connectivity index is 1.86. The van der Waals surface area contributed by atoms with Crippen LogP contribution in [0, 0.1) is 0 Å². The van der Waals surface area contributed by atoms with E-state index in [1.54, 1.807) is 24.3 Å². The van der Waals surface area contributed by atoms with Gasteiger partial charge in [-0.05, 0) is 43.9 Å². The Morgan fingerprint density at radius 2 is 1.88 bits per heavy atom. The molecule has 134 valence electrons. The fourth-order valence-corrected chi connectivity index (χ4v) is 2.75. The maximum absolute atomic E-state index is 12.7. The molecule has 0 fully saturated rings. The number of hydrogen-bond donors (Lipinski definition) is 2. The molecule has 0 unspecified atom stereocenters. The quantitative estimate of drug-likeness (QED) is 0.711. The topological polar surface area (TPSA) is 86.9 Å². The highest BCUT2D eigenvalue weighted by Gasteiger charge is 2.19. The van der Waals surface area contributed by atoms with E-state index in [0.29, 0.717) is 29.1 Å². The number of carbonyl (C=O) groups is 2. The summed E-state index contributed by atoms with van der Waals surface area (Å²) in [6, 6.07) is 12.4. The molecule has 0 aliphatic rings. The van der Waals surface area contributed by atoms with Crippen LogP contribution in [0.2, 0.25) is 0 Å².